The summed E-state index contributed by atoms with van der Waals surface area (Å²) in [6, 6.07) is 13.8. The number of carbonyl (C=O) groups excluding carboxylic acids is 1. The van der Waals surface area contributed by atoms with Gasteiger partial charge in [0.15, 0.2) is 5.16 Å². The van der Waals surface area contributed by atoms with Crippen molar-refractivity contribution >= 4 is 17.7 Å². The number of alkyl halides is 3. The molecule has 0 saturated carbocycles. The highest BCUT2D eigenvalue weighted by molar-refractivity contribution is 7.99. The highest BCUT2D eigenvalue weighted by atomic mass is 32.2. The first-order chi connectivity index (χ1) is 13.3. The number of benzene rings is 2. The lowest BCUT2D eigenvalue weighted by atomic mass is 10.0. The molecule has 9 heteroatoms. The van der Waals surface area contributed by atoms with Crippen molar-refractivity contribution in [2.75, 3.05) is 5.75 Å². The van der Waals surface area contributed by atoms with Gasteiger partial charge in [-0.1, -0.05) is 42.1 Å². The first kappa shape index (κ1) is 19.9. The molecule has 0 aliphatic heterocycles. The topological polar surface area (TPSA) is 59.8 Å². The van der Waals surface area contributed by atoms with Gasteiger partial charge >= 0.3 is 6.18 Å². The molecule has 0 saturated heterocycles. The zero-order chi connectivity index (χ0) is 20.1. The molecule has 0 unspecified atom stereocenters. The second-order valence-electron chi connectivity index (χ2n) is 6.02. The van der Waals surface area contributed by atoms with Crippen LogP contribution in [-0.2, 0) is 11.0 Å². The van der Waals surface area contributed by atoms with E-state index in [1.54, 1.807) is 23.9 Å². The minimum atomic E-state index is -4.42. The number of amides is 1. The quantitative estimate of drug-likeness (QED) is 0.622. The van der Waals surface area contributed by atoms with Crippen LogP contribution >= 0.6 is 11.8 Å². The van der Waals surface area contributed by atoms with E-state index in [0.29, 0.717) is 10.7 Å². The third kappa shape index (κ3) is 4.92. The second kappa shape index (κ2) is 8.47. The fourth-order valence-corrected chi connectivity index (χ4v) is 3.31. The van der Waals surface area contributed by atoms with Crippen molar-refractivity contribution < 1.29 is 18.0 Å². The van der Waals surface area contributed by atoms with Gasteiger partial charge in [-0.15, -0.1) is 10.2 Å². The van der Waals surface area contributed by atoms with E-state index < -0.39 is 17.8 Å². The standard InChI is InChI=1S/C19H17F3N4OS/c1-13(14-6-5-7-15(10-14)19(20,21)22)24-17(27)11-28-18-25-23-12-26(18)16-8-3-2-4-9-16/h2-10,12-13H,11H2,1H3,(H,24,27)/t13-/m0/s1. The van der Waals surface area contributed by atoms with Crippen molar-refractivity contribution in [1.29, 1.82) is 0 Å². The maximum atomic E-state index is 12.8. The van der Waals surface area contributed by atoms with E-state index in [2.05, 4.69) is 15.5 Å². The fraction of sp³-hybridized carbons (Fsp3) is 0.211. The lowest BCUT2D eigenvalue weighted by Crippen LogP contribution is -2.28. The van der Waals surface area contributed by atoms with Crippen LogP contribution in [0.4, 0.5) is 13.2 Å². The first-order valence-electron chi connectivity index (χ1n) is 8.39. The lowest BCUT2D eigenvalue weighted by molar-refractivity contribution is -0.137. The molecule has 0 spiro atoms. The summed E-state index contributed by atoms with van der Waals surface area (Å²) in [7, 11) is 0. The molecule has 0 bridgehead atoms. The van der Waals surface area contributed by atoms with Gasteiger partial charge in [-0.25, -0.2) is 0 Å². The molecule has 5 nitrogen and oxygen atoms in total. The zero-order valence-electron chi connectivity index (χ0n) is 14.8. The molecule has 1 N–H and O–H groups in total. The third-order valence-electron chi connectivity index (χ3n) is 3.97. The monoisotopic (exact) mass is 406 g/mol. The van der Waals surface area contributed by atoms with Crippen molar-refractivity contribution in [3.05, 3.63) is 72.1 Å². The number of halogens is 3. The molecule has 0 aliphatic rings. The van der Waals surface area contributed by atoms with Gasteiger partial charge in [0.05, 0.1) is 17.4 Å². The van der Waals surface area contributed by atoms with E-state index >= 15 is 0 Å². The average Bonchev–Trinajstić information content (AvgIpc) is 3.15. The van der Waals surface area contributed by atoms with Crippen molar-refractivity contribution in [3.8, 4) is 5.69 Å². The predicted octanol–water partition coefficient (Wildman–Crippen LogP) is 4.26. The highest BCUT2D eigenvalue weighted by Gasteiger charge is 2.30. The molecule has 3 rings (SSSR count). The smallest absolute Gasteiger partial charge is 0.349 e. The van der Waals surface area contributed by atoms with Crippen LogP contribution in [0.5, 0.6) is 0 Å². The van der Waals surface area contributed by atoms with Gasteiger partial charge in [0.25, 0.3) is 0 Å². The molecular weight excluding hydrogens is 389 g/mol. The maximum Gasteiger partial charge on any atom is 0.416 e. The van der Waals surface area contributed by atoms with Gasteiger partial charge in [-0.3, -0.25) is 9.36 Å². The number of carbonyl (C=O) groups is 1. The van der Waals surface area contributed by atoms with Crippen molar-refractivity contribution in [3.63, 3.8) is 0 Å². The highest BCUT2D eigenvalue weighted by Crippen LogP contribution is 2.30. The predicted molar refractivity (Wildman–Crippen MR) is 100 cm³/mol. The van der Waals surface area contributed by atoms with Gasteiger partial charge in [0, 0.05) is 5.69 Å². The first-order valence-corrected chi connectivity index (χ1v) is 9.38. The number of nitrogens with zero attached hydrogens (tertiary/aromatic N) is 3. The third-order valence-corrected chi connectivity index (χ3v) is 4.92. The second-order valence-corrected chi connectivity index (χ2v) is 6.96. The average molecular weight is 406 g/mol. The molecule has 1 amide bonds. The zero-order valence-corrected chi connectivity index (χ0v) is 15.7. The van der Waals surface area contributed by atoms with E-state index in [1.807, 2.05) is 30.3 Å². The van der Waals surface area contributed by atoms with Gasteiger partial charge in [-0.2, -0.15) is 13.2 Å². The molecule has 28 heavy (non-hydrogen) atoms. The van der Waals surface area contributed by atoms with Crippen LogP contribution in [0.25, 0.3) is 5.69 Å². The normalized spacial score (nSPS) is 12.6. The van der Waals surface area contributed by atoms with Crippen LogP contribution in [0, 0.1) is 0 Å². The number of para-hydroxylation sites is 1. The Kier molecular flexibility index (Phi) is 6.03. The summed E-state index contributed by atoms with van der Waals surface area (Å²) in [5, 5.41) is 11.1. The Morgan fingerprint density at radius 2 is 1.93 bits per heavy atom. The van der Waals surface area contributed by atoms with Crippen LogP contribution in [0.2, 0.25) is 0 Å². The Labute approximate surface area is 164 Å². The lowest BCUT2D eigenvalue weighted by Gasteiger charge is -2.16. The minimum Gasteiger partial charge on any atom is -0.349 e. The SMILES string of the molecule is C[C@H](NC(=O)CSc1nncn1-c1ccccc1)c1cccc(C(F)(F)F)c1. The summed E-state index contributed by atoms with van der Waals surface area (Å²) in [6.07, 6.45) is -2.86. The Balaban J connectivity index is 1.61. The summed E-state index contributed by atoms with van der Waals surface area (Å²) >= 11 is 1.20. The van der Waals surface area contributed by atoms with Gasteiger partial charge in [0.1, 0.15) is 6.33 Å². The number of aromatic nitrogens is 3. The summed E-state index contributed by atoms with van der Waals surface area (Å²) in [5.41, 5.74) is 0.518. The summed E-state index contributed by atoms with van der Waals surface area (Å²) in [4.78, 5) is 12.2. The molecule has 2 aromatic carbocycles. The van der Waals surface area contributed by atoms with Crippen molar-refractivity contribution in [1.82, 2.24) is 20.1 Å². The minimum absolute atomic E-state index is 0.0643. The van der Waals surface area contributed by atoms with Crippen LogP contribution in [0.3, 0.4) is 0 Å². The van der Waals surface area contributed by atoms with Gasteiger partial charge in [-0.05, 0) is 36.8 Å². The Morgan fingerprint density at radius 3 is 2.64 bits per heavy atom. The summed E-state index contributed by atoms with van der Waals surface area (Å²) < 4.78 is 40.3. The Hall–Kier alpha value is -2.81. The summed E-state index contributed by atoms with van der Waals surface area (Å²) in [5.74, 6) is -0.244. The number of thioether (sulfide) groups is 1. The molecule has 0 fully saturated rings. The van der Waals surface area contributed by atoms with Gasteiger partial charge < -0.3 is 5.32 Å². The Bertz CT molecular complexity index is 944. The molecule has 146 valence electrons. The fourth-order valence-electron chi connectivity index (χ4n) is 2.57. The largest absolute Gasteiger partial charge is 0.416 e. The number of hydrogen-bond acceptors (Lipinski definition) is 4. The van der Waals surface area contributed by atoms with Crippen LogP contribution < -0.4 is 5.32 Å². The summed E-state index contributed by atoms with van der Waals surface area (Å²) in [6.45, 7) is 1.64. The van der Waals surface area contributed by atoms with E-state index in [-0.39, 0.29) is 11.7 Å². The number of rotatable bonds is 6. The molecule has 3 aromatic rings. The van der Waals surface area contributed by atoms with Crippen molar-refractivity contribution in [2.24, 2.45) is 0 Å². The van der Waals surface area contributed by atoms with E-state index in [0.717, 1.165) is 17.8 Å². The van der Waals surface area contributed by atoms with E-state index in [1.165, 1.54) is 17.8 Å². The van der Waals surface area contributed by atoms with E-state index in [4.69, 9.17) is 0 Å². The van der Waals surface area contributed by atoms with Crippen LogP contribution in [-0.4, -0.2) is 26.4 Å². The number of hydrogen-bond donors (Lipinski definition) is 1. The molecule has 0 aliphatic carbocycles. The maximum absolute atomic E-state index is 12.8. The molecular formula is C19H17F3N4OS. The van der Waals surface area contributed by atoms with Crippen LogP contribution in [0.1, 0.15) is 24.1 Å². The van der Waals surface area contributed by atoms with Crippen molar-refractivity contribution in [2.45, 2.75) is 24.3 Å². The number of nitrogens with one attached hydrogen (secondary N) is 1. The molecule has 1 heterocycles. The Morgan fingerprint density at radius 1 is 1.18 bits per heavy atom. The van der Waals surface area contributed by atoms with Crippen LogP contribution in [0.15, 0.2) is 66.1 Å². The molecule has 1 atom stereocenters. The molecule has 0 radical (unpaired) electrons. The molecule has 1 aromatic heterocycles. The van der Waals surface area contributed by atoms with E-state index in [9.17, 15) is 18.0 Å². The van der Waals surface area contributed by atoms with Gasteiger partial charge in [0.2, 0.25) is 5.91 Å².